The van der Waals surface area contributed by atoms with E-state index in [1.54, 1.807) is 0 Å². The summed E-state index contributed by atoms with van der Waals surface area (Å²) < 4.78 is 0.657. The molecule has 2 heterocycles. The Morgan fingerprint density at radius 2 is 2.25 bits per heavy atom. The molecule has 1 fully saturated rings. The summed E-state index contributed by atoms with van der Waals surface area (Å²) in [6.07, 6.45) is 2.66. The Morgan fingerprint density at radius 1 is 1.50 bits per heavy atom. The highest BCUT2D eigenvalue weighted by molar-refractivity contribution is 7.13. The van der Waals surface area contributed by atoms with Crippen LogP contribution in [0.3, 0.4) is 0 Å². The first-order chi connectivity index (χ1) is 5.84. The molecule has 4 heteroatoms. The van der Waals surface area contributed by atoms with Crippen molar-refractivity contribution in [1.82, 2.24) is 9.88 Å². The van der Waals surface area contributed by atoms with Gasteiger partial charge >= 0.3 is 0 Å². The van der Waals surface area contributed by atoms with E-state index in [-0.39, 0.29) is 0 Å². The van der Waals surface area contributed by atoms with Crippen molar-refractivity contribution in [2.75, 3.05) is 13.1 Å². The molecule has 2 nitrogen and oxygen atoms in total. The summed E-state index contributed by atoms with van der Waals surface area (Å²) in [7, 11) is 0. The van der Waals surface area contributed by atoms with Crippen LogP contribution >= 0.6 is 22.9 Å². The predicted octanol–water partition coefficient (Wildman–Crippen LogP) is 2.39. The van der Waals surface area contributed by atoms with Crippen molar-refractivity contribution in [3.8, 4) is 0 Å². The molecule has 0 bridgehead atoms. The van der Waals surface area contributed by atoms with Crippen LogP contribution in [0.2, 0.25) is 4.47 Å². The molecule has 0 aromatic carbocycles. The molecular weight excluding hydrogens is 192 g/mol. The van der Waals surface area contributed by atoms with Crippen LogP contribution in [0.15, 0.2) is 5.38 Å². The maximum absolute atomic E-state index is 5.73. The van der Waals surface area contributed by atoms with Gasteiger partial charge in [-0.15, -0.1) is 11.3 Å². The molecule has 0 saturated carbocycles. The monoisotopic (exact) mass is 202 g/mol. The number of hydrogen-bond acceptors (Lipinski definition) is 3. The number of nitrogens with zero attached hydrogens (tertiary/aromatic N) is 2. The maximum atomic E-state index is 5.73. The maximum Gasteiger partial charge on any atom is 0.183 e. The van der Waals surface area contributed by atoms with Crippen LogP contribution in [0, 0.1) is 0 Å². The third-order valence-electron chi connectivity index (χ3n) is 2.11. The molecule has 0 atom stereocenters. The topological polar surface area (TPSA) is 16.1 Å². The van der Waals surface area contributed by atoms with Crippen LogP contribution in [0.5, 0.6) is 0 Å². The lowest BCUT2D eigenvalue weighted by atomic mass is 10.4. The first-order valence-electron chi connectivity index (χ1n) is 4.17. The minimum atomic E-state index is 0.657. The Bertz CT molecular complexity index is 255. The molecular formula is C8H11ClN2S. The summed E-state index contributed by atoms with van der Waals surface area (Å²) in [6.45, 7) is 3.41. The largest absolute Gasteiger partial charge is 0.297 e. The van der Waals surface area contributed by atoms with Gasteiger partial charge < -0.3 is 0 Å². The SMILES string of the molecule is Clc1nc(CN2CCCC2)cs1. The van der Waals surface area contributed by atoms with E-state index in [2.05, 4.69) is 9.88 Å². The zero-order valence-electron chi connectivity index (χ0n) is 6.79. The van der Waals surface area contributed by atoms with E-state index in [9.17, 15) is 0 Å². The summed E-state index contributed by atoms with van der Waals surface area (Å²) in [5.41, 5.74) is 1.12. The second kappa shape index (κ2) is 3.73. The number of rotatable bonds is 2. The molecule has 12 heavy (non-hydrogen) atoms. The standard InChI is InChI=1S/C8H11ClN2S/c9-8-10-7(6-12-8)5-11-3-1-2-4-11/h6H,1-5H2. The molecule has 2 rings (SSSR count). The van der Waals surface area contributed by atoms with Gasteiger partial charge in [-0.05, 0) is 25.9 Å². The third-order valence-corrected chi connectivity index (χ3v) is 3.14. The van der Waals surface area contributed by atoms with E-state index in [4.69, 9.17) is 11.6 Å². The number of hydrogen-bond donors (Lipinski definition) is 0. The fraction of sp³-hybridized carbons (Fsp3) is 0.625. The van der Waals surface area contributed by atoms with Gasteiger partial charge in [0.05, 0.1) is 5.69 Å². The minimum absolute atomic E-state index is 0.657. The van der Waals surface area contributed by atoms with Crippen LogP contribution in [-0.2, 0) is 6.54 Å². The molecule has 1 saturated heterocycles. The first-order valence-corrected chi connectivity index (χ1v) is 5.42. The van der Waals surface area contributed by atoms with Gasteiger partial charge in [0.2, 0.25) is 0 Å². The lowest BCUT2D eigenvalue weighted by Crippen LogP contribution is -2.18. The van der Waals surface area contributed by atoms with Crippen molar-refractivity contribution in [2.45, 2.75) is 19.4 Å². The third kappa shape index (κ3) is 1.97. The van der Waals surface area contributed by atoms with E-state index >= 15 is 0 Å². The van der Waals surface area contributed by atoms with Crippen molar-refractivity contribution < 1.29 is 0 Å². The fourth-order valence-corrected chi connectivity index (χ4v) is 2.30. The molecule has 0 spiro atoms. The molecule has 0 amide bonds. The molecule has 1 aromatic rings. The molecule has 1 aromatic heterocycles. The molecule has 1 aliphatic heterocycles. The Labute approximate surface area is 81.2 Å². The number of thiazole rings is 1. The number of likely N-dealkylation sites (tertiary alicyclic amines) is 1. The van der Waals surface area contributed by atoms with Crippen LogP contribution < -0.4 is 0 Å². The lowest BCUT2D eigenvalue weighted by Gasteiger charge is -2.11. The molecule has 0 radical (unpaired) electrons. The Balaban J connectivity index is 1.94. The van der Waals surface area contributed by atoms with Gasteiger partial charge in [-0.3, -0.25) is 4.90 Å². The summed E-state index contributed by atoms with van der Waals surface area (Å²) in [6, 6.07) is 0. The fourth-order valence-electron chi connectivity index (χ4n) is 1.52. The summed E-state index contributed by atoms with van der Waals surface area (Å²) >= 11 is 7.25. The highest BCUT2D eigenvalue weighted by Crippen LogP contribution is 2.18. The van der Waals surface area contributed by atoms with Crippen molar-refractivity contribution in [1.29, 1.82) is 0 Å². The van der Waals surface area contributed by atoms with Crippen LogP contribution in [-0.4, -0.2) is 23.0 Å². The Morgan fingerprint density at radius 3 is 2.83 bits per heavy atom. The summed E-state index contributed by atoms with van der Waals surface area (Å²) in [4.78, 5) is 6.64. The van der Waals surface area contributed by atoms with Gasteiger partial charge in [0.25, 0.3) is 0 Å². The van der Waals surface area contributed by atoms with E-state index in [0.717, 1.165) is 12.2 Å². The summed E-state index contributed by atoms with van der Waals surface area (Å²) in [5.74, 6) is 0. The van der Waals surface area contributed by atoms with E-state index < -0.39 is 0 Å². The zero-order valence-corrected chi connectivity index (χ0v) is 8.37. The summed E-state index contributed by atoms with van der Waals surface area (Å²) in [5, 5.41) is 2.04. The van der Waals surface area contributed by atoms with Gasteiger partial charge in [-0.2, -0.15) is 0 Å². The Hall–Kier alpha value is -0.120. The quantitative estimate of drug-likeness (QED) is 0.732. The molecule has 0 unspecified atom stereocenters. The van der Waals surface area contributed by atoms with Crippen molar-refractivity contribution in [3.05, 3.63) is 15.5 Å². The number of aromatic nitrogens is 1. The van der Waals surface area contributed by atoms with Gasteiger partial charge in [-0.1, -0.05) is 11.6 Å². The Kier molecular flexibility index (Phi) is 2.63. The van der Waals surface area contributed by atoms with Gasteiger partial charge in [0.1, 0.15) is 0 Å². The number of halogens is 1. The van der Waals surface area contributed by atoms with E-state index in [0.29, 0.717) is 4.47 Å². The lowest BCUT2D eigenvalue weighted by molar-refractivity contribution is 0.328. The average Bonchev–Trinajstić information content (AvgIpc) is 2.63. The molecule has 66 valence electrons. The van der Waals surface area contributed by atoms with Gasteiger partial charge in [0.15, 0.2) is 4.47 Å². The average molecular weight is 203 g/mol. The van der Waals surface area contributed by atoms with Gasteiger partial charge in [0, 0.05) is 11.9 Å². The first kappa shape index (κ1) is 8.48. The highest BCUT2D eigenvalue weighted by Gasteiger charge is 2.12. The second-order valence-electron chi connectivity index (χ2n) is 3.08. The van der Waals surface area contributed by atoms with Crippen LogP contribution in [0.1, 0.15) is 18.5 Å². The predicted molar refractivity (Wildman–Crippen MR) is 51.6 cm³/mol. The van der Waals surface area contributed by atoms with Crippen LogP contribution in [0.4, 0.5) is 0 Å². The normalized spacial score (nSPS) is 18.8. The van der Waals surface area contributed by atoms with Gasteiger partial charge in [-0.25, -0.2) is 4.98 Å². The van der Waals surface area contributed by atoms with Crippen molar-refractivity contribution in [2.24, 2.45) is 0 Å². The minimum Gasteiger partial charge on any atom is -0.297 e. The van der Waals surface area contributed by atoms with Crippen molar-refractivity contribution >= 4 is 22.9 Å². The van der Waals surface area contributed by atoms with Crippen molar-refractivity contribution in [3.63, 3.8) is 0 Å². The van der Waals surface area contributed by atoms with E-state index in [1.807, 2.05) is 5.38 Å². The van der Waals surface area contributed by atoms with E-state index in [1.165, 1.54) is 37.3 Å². The zero-order chi connectivity index (χ0) is 8.39. The second-order valence-corrected chi connectivity index (χ2v) is 4.52. The molecule has 1 aliphatic rings. The molecule has 0 N–H and O–H groups in total. The highest BCUT2D eigenvalue weighted by atomic mass is 35.5. The van der Waals surface area contributed by atoms with Crippen LogP contribution in [0.25, 0.3) is 0 Å². The smallest absolute Gasteiger partial charge is 0.183 e. The molecule has 0 aliphatic carbocycles.